The second-order valence-electron chi connectivity index (χ2n) is 16.8. The van der Waals surface area contributed by atoms with E-state index in [1.807, 2.05) is 6.08 Å². The first-order valence-corrected chi connectivity index (χ1v) is 25.7. The first kappa shape index (κ1) is 58.8. The van der Waals surface area contributed by atoms with Crippen LogP contribution in [-0.4, -0.2) is 34.9 Å². The number of allylic oxidation sites excluding steroid dienone is 19. The van der Waals surface area contributed by atoms with Gasteiger partial charge in [0.15, 0.2) is 0 Å². The van der Waals surface area contributed by atoms with E-state index in [-0.39, 0.29) is 12.5 Å². The SMILES string of the molecule is CC/C=C\C/C=C\C/C=C\C/C=C\C/C=C\C/C=C\C/C=C\C/C=C\CCCCC(=O)NC(CO)C(O)/C=C/CC/C=C/CCCCCCCCCCCCCCCCCCC. The number of unbranched alkanes of at least 4 members (excludes halogenated alkanes) is 20. The van der Waals surface area contributed by atoms with E-state index in [0.717, 1.165) is 89.9 Å². The van der Waals surface area contributed by atoms with E-state index in [1.54, 1.807) is 6.08 Å². The number of hydrogen-bond acceptors (Lipinski definition) is 3. The van der Waals surface area contributed by atoms with Crippen LogP contribution in [0.1, 0.15) is 219 Å². The van der Waals surface area contributed by atoms with Gasteiger partial charge in [-0.2, -0.15) is 0 Å². The summed E-state index contributed by atoms with van der Waals surface area (Å²) >= 11 is 0. The molecule has 4 nitrogen and oxygen atoms in total. The number of aliphatic hydroxyl groups excluding tert-OH is 2. The van der Waals surface area contributed by atoms with Gasteiger partial charge in [-0.15, -0.1) is 0 Å². The van der Waals surface area contributed by atoms with Gasteiger partial charge in [0.1, 0.15) is 0 Å². The topological polar surface area (TPSA) is 69.6 Å². The standard InChI is InChI=1S/C58H97NO3/c1-3-5-7-9-11-13-15-17-19-21-23-25-27-28-29-30-32-34-36-38-40-42-44-46-48-50-52-54-58(62)59-56(55-60)57(61)53-51-49-47-45-43-41-39-37-35-33-31-26-24-22-20-18-16-14-12-10-8-6-4-2/h5,7,11,13,17,19,23,25,28-29,32,34,38,40,43-46,51,53,56-57,60-61H,3-4,6,8-10,12,14-16,18,20-22,24,26-27,30-31,33,35-37,39,41-42,47-50,52,54-55H2,1-2H3,(H,59,62)/b7-5-,13-11-,19-17-,25-23-,29-28-,34-32-,40-38-,45-43+,46-44-,53-51+. The Kier molecular flexibility index (Phi) is 49.4. The Morgan fingerprint density at radius 1 is 0.403 bits per heavy atom. The Labute approximate surface area is 384 Å². The molecule has 0 radical (unpaired) electrons. The molecular formula is C58H97NO3. The molecule has 0 fully saturated rings. The van der Waals surface area contributed by atoms with Crippen molar-refractivity contribution < 1.29 is 15.0 Å². The van der Waals surface area contributed by atoms with Crippen molar-refractivity contribution in [3.05, 3.63) is 122 Å². The van der Waals surface area contributed by atoms with E-state index < -0.39 is 12.1 Å². The molecule has 4 heteroatoms. The molecule has 0 heterocycles. The first-order chi connectivity index (χ1) is 30.7. The molecule has 0 rings (SSSR count). The summed E-state index contributed by atoms with van der Waals surface area (Å²) in [5.74, 6) is -0.120. The quantitative estimate of drug-likeness (QED) is 0.0422. The number of aliphatic hydroxyl groups is 2. The first-order valence-electron chi connectivity index (χ1n) is 25.7. The summed E-state index contributed by atoms with van der Waals surface area (Å²) in [6, 6.07) is -0.673. The highest BCUT2D eigenvalue weighted by Crippen LogP contribution is 2.15. The van der Waals surface area contributed by atoms with Gasteiger partial charge in [-0.1, -0.05) is 238 Å². The van der Waals surface area contributed by atoms with Gasteiger partial charge in [0.25, 0.3) is 0 Å². The van der Waals surface area contributed by atoms with Crippen LogP contribution in [0.25, 0.3) is 0 Å². The van der Waals surface area contributed by atoms with Crippen molar-refractivity contribution in [1.82, 2.24) is 5.32 Å². The van der Waals surface area contributed by atoms with Crippen LogP contribution in [0.4, 0.5) is 0 Å². The maximum absolute atomic E-state index is 12.4. The number of rotatable bonds is 45. The van der Waals surface area contributed by atoms with Gasteiger partial charge in [0.2, 0.25) is 5.91 Å². The van der Waals surface area contributed by atoms with Crippen molar-refractivity contribution in [1.29, 1.82) is 0 Å². The molecule has 1 amide bonds. The second kappa shape index (κ2) is 52.1. The van der Waals surface area contributed by atoms with E-state index in [0.29, 0.717) is 6.42 Å². The monoisotopic (exact) mass is 856 g/mol. The Balaban J connectivity index is 3.73. The molecule has 0 aromatic heterocycles. The van der Waals surface area contributed by atoms with Crippen LogP contribution in [0.15, 0.2) is 122 Å². The normalized spacial score (nSPS) is 13.9. The molecule has 0 aromatic carbocycles. The van der Waals surface area contributed by atoms with Crippen molar-refractivity contribution in [2.75, 3.05) is 6.61 Å². The summed E-state index contributed by atoms with van der Waals surface area (Å²) in [6.07, 6.45) is 80.5. The molecule has 0 aliphatic heterocycles. The predicted octanol–water partition coefficient (Wildman–Crippen LogP) is 16.9. The zero-order valence-electron chi connectivity index (χ0n) is 40.3. The van der Waals surface area contributed by atoms with Crippen LogP contribution in [0.5, 0.6) is 0 Å². The zero-order chi connectivity index (χ0) is 44.9. The van der Waals surface area contributed by atoms with Crippen LogP contribution in [0.3, 0.4) is 0 Å². The van der Waals surface area contributed by atoms with Crippen molar-refractivity contribution in [3.8, 4) is 0 Å². The molecule has 62 heavy (non-hydrogen) atoms. The minimum Gasteiger partial charge on any atom is -0.394 e. The lowest BCUT2D eigenvalue weighted by Gasteiger charge is -2.19. The molecule has 0 aliphatic rings. The van der Waals surface area contributed by atoms with E-state index >= 15 is 0 Å². The molecule has 2 atom stereocenters. The lowest BCUT2D eigenvalue weighted by Crippen LogP contribution is -2.45. The van der Waals surface area contributed by atoms with Crippen LogP contribution in [0, 0.1) is 0 Å². The third kappa shape index (κ3) is 47.8. The van der Waals surface area contributed by atoms with E-state index in [4.69, 9.17) is 0 Å². The van der Waals surface area contributed by atoms with Crippen LogP contribution in [0.2, 0.25) is 0 Å². The van der Waals surface area contributed by atoms with E-state index in [1.165, 1.54) is 109 Å². The van der Waals surface area contributed by atoms with Crippen LogP contribution in [-0.2, 0) is 4.79 Å². The average Bonchev–Trinajstić information content (AvgIpc) is 3.28. The fourth-order valence-electron chi connectivity index (χ4n) is 7.03. The summed E-state index contributed by atoms with van der Waals surface area (Å²) in [5.41, 5.74) is 0. The van der Waals surface area contributed by atoms with Gasteiger partial charge in [0.05, 0.1) is 18.8 Å². The molecule has 3 N–H and O–H groups in total. The summed E-state index contributed by atoms with van der Waals surface area (Å²) in [6.45, 7) is 4.16. The summed E-state index contributed by atoms with van der Waals surface area (Å²) in [5, 5.41) is 23.1. The van der Waals surface area contributed by atoms with Crippen LogP contribution < -0.4 is 5.32 Å². The fraction of sp³-hybridized carbons (Fsp3) is 0.638. The Morgan fingerprint density at radius 2 is 0.726 bits per heavy atom. The second-order valence-corrected chi connectivity index (χ2v) is 16.8. The lowest BCUT2D eigenvalue weighted by atomic mass is 10.0. The summed E-state index contributed by atoms with van der Waals surface area (Å²) in [7, 11) is 0. The molecular weight excluding hydrogens is 759 g/mol. The molecule has 0 saturated heterocycles. The van der Waals surface area contributed by atoms with Gasteiger partial charge in [-0.3, -0.25) is 4.79 Å². The molecule has 352 valence electrons. The number of carbonyl (C=O) groups excluding carboxylic acids is 1. The molecule has 2 unspecified atom stereocenters. The highest BCUT2D eigenvalue weighted by Gasteiger charge is 2.17. The van der Waals surface area contributed by atoms with Crippen molar-refractivity contribution in [2.24, 2.45) is 0 Å². The summed E-state index contributed by atoms with van der Waals surface area (Å²) < 4.78 is 0. The Bertz CT molecular complexity index is 1240. The molecule has 0 spiro atoms. The van der Waals surface area contributed by atoms with Crippen molar-refractivity contribution >= 4 is 5.91 Å². The number of nitrogens with one attached hydrogen (secondary N) is 1. The zero-order valence-corrected chi connectivity index (χ0v) is 40.3. The highest BCUT2D eigenvalue weighted by molar-refractivity contribution is 5.76. The Morgan fingerprint density at radius 3 is 1.13 bits per heavy atom. The van der Waals surface area contributed by atoms with Gasteiger partial charge in [-0.25, -0.2) is 0 Å². The van der Waals surface area contributed by atoms with Crippen molar-refractivity contribution in [3.63, 3.8) is 0 Å². The third-order valence-corrected chi connectivity index (χ3v) is 10.9. The third-order valence-electron chi connectivity index (χ3n) is 10.9. The fourth-order valence-corrected chi connectivity index (χ4v) is 7.03. The minimum atomic E-state index is -0.891. The maximum atomic E-state index is 12.4. The number of amides is 1. The van der Waals surface area contributed by atoms with Gasteiger partial charge in [-0.05, 0) is 96.3 Å². The molecule has 0 aliphatic carbocycles. The van der Waals surface area contributed by atoms with E-state index in [2.05, 4.69) is 129 Å². The van der Waals surface area contributed by atoms with Gasteiger partial charge >= 0.3 is 0 Å². The smallest absolute Gasteiger partial charge is 0.220 e. The number of hydrogen-bond donors (Lipinski definition) is 3. The largest absolute Gasteiger partial charge is 0.394 e. The minimum absolute atomic E-state index is 0.120. The van der Waals surface area contributed by atoms with Gasteiger partial charge in [0, 0.05) is 6.42 Å². The van der Waals surface area contributed by atoms with Gasteiger partial charge < -0.3 is 15.5 Å². The highest BCUT2D eigenvalue weighted by atomic mass is 16.3. The number of carbonyl (C=O) groups is 1. The molecule has 0 aromatic rings. The average molecular weight is 856 g/mol. The maximum Gasteiger partial charge on any atom is 0.220 e. The van der Waals surface area contributed by atoms with Crippen molar-refractivity contribution in [2.45, 2.75) is 231 Å². The Hall–Kier alpha value is -3.21. The summed E-state index contributed by atoms with van der Waals surface area (Å²) in [4.78, 5) is 12.4. The predicted molar refractivity (Wildman–Crippen MR) is 276 cm³/mol. The lowest BCUT2D eigenvalue weighted by molar-refractivity contribution is -0.123. The van der Waals surface area contributed by atoms with Crippen LogP contribution >= 0.6 is 0 Å². The molecule has 0 bridgehead atoms. The van der Waals surface area contributed by atoms with E-state index in [9.17, 15) is 15.0 Å². The molecule has 0 saturated carbocycles.